The molecule has 0 atom stereocenters. The molecule has 0 bridgehead atoms. The molecule has 0 aliphatic rings. The third kappa shape index (κ3) is 9.00. The number of aryl methyl sites for hydroxylation is 1. The topological polar surface area (TPSA) is 59.6 Å². The van der Waals surface area contributed by atoms with Crippen molar-refractivity contribution >= 4 is 44.9 Å². The van der Waals surface area contributed by atoms with Crippen LogP contribution in [0.4, 0.5) is 5.69 Å². The molecular formula is C28H31BrN2O3S. The summed E-state index contributed by atoms with van der Waals surface area (Å²) < 4.78 is 12.5. The van der Waals surface area contributed by atoms with Gasteiger partial charge in [0.1, 0.15) is 11.5 Å². The zero-order valence-corrected chi connectivity index (χ0v) is 22.5. The van der Waals surface area contributed by atoms with Gasteiger partial charge in [-0.2, -0.15) is 0 Å². The van der Waals surface area contributed by atoms with Gasteiger partial charge in [-0.15, -0.1) is 0 Å². The minimum Gasteiger partial charge on any atom is -0.492 e. The highest BCUT2D eigenvalue weighted by atomic mass is 79.9. The molecule has 3 rings (SSSR count). The number of hydrogen-bond donors (Lipinski definition) is 2. The Balaban J connectivity index is 1.51. The zero-order chi connectivity index (χ0) is 25.0. The van der Waals surface area contributed by atoms with Crippen LogP contribution in [0.2, 0.25) is 0 Å². The van der Waals surface area contributed by atoms with Crippen LogP contribution >= 0.6 is 28.1 Å². The van der Waals surface area contributed by atoms with Crippen molar-refractivity contribution in [3.05, 3.63) is 88.4 Å². The van der Waals surface area contributed by atoms with Crippen LogP contribution < -0.4 is 20.1 Å². The monoisotopic (exact) mass is 554 g/mol. The van der Waals surface area contributed by atoms with Gasteiger partial charge in [-0.25, -0.2) is 0 Å². The minimum absolute atomic E-state index is 0.198. The molecule has 7 heteroatoms. The Kier molecular flexibility index (Phi) is 10.6. The molecule has 35 heavy (non-hydrogen) atoms. The Bertz CT molecular complexity index is 1120. The number of hydrogen-bond acceptors (Lipinski definition) is 4. The van der Waals surface area contributed by atoms with Crippen LogP contribution in [0.15, 0.2) is 77.3 Å². The number of nitrogens with one attached hydrogen (secondary N) is 2. The van der Waals surface area contributed by atoms with Gasteiger partial charge in [-0.3, -0.25) is 10.1 Å². The second-order valence-electron chi connectivity index (χ2n) is 8.52. The molecule has 0 spiro atoms. The summed E-state index contributed by atoms with van der Waals surface area (Å²) in [4.78, 5) is 12.7. The van der Waals surface area contributed by atoms with Gasteiger partial charge in [0.15, 0.2) is 5.11 Å². The van der Waals surface area contributed by atoms with E-state index in [4.69, 9.17) is 21.7 Å². The lowest BCUT2D eigenvalue weighted by atomic mass is 10.1. The molecule has 0 aromatic heterocycles. The molecule has 0 unspecified atom stereocenters. The molecule has 1 amide bonds. The van der Waals surface area contributed by atoms with E-state index in [0.29, 0.717) is 41.9 Å². The first-order valence-electron chi connectivity index (χ1n) is 11.7. The van der Waals surface area contributed by atoms with Crippen molar-refractivity contribution in [1.29, 1.82) is 0 Å². The highest BCUT2D eigenvalue weighted by Crippen LogP contribution is 2.27. The molecule has 0 saturated heterocycles. The van der Waals surface area contributed by atoms with Gasteiger partial charge in [0.25, 0.3) is 5.91 Å². The molecular weight excluding hydrogens is 524 g/mol. The van der Waals surface area contributed by atoms with E-state index in [1.165, 1.54) is 5.56 Å². The SMILES string of the molecule is CC(C)CCOc1ccc(C(=O)NC(=S)Nc2ccccc2OCCCc2ccccc2)cc1Br. The number of anilines is 1. The second-order valence-corrected chi connectivity index (χ2v) is 9.78. The first-order valence-corrected chi connectivity index (χ1v) is 12.9. The minimum atomic E-state index is -0.307. The summed E-state index contributed by atoms with van der Waals surface area (Å²) in [6.07, 6.45) is 2.81. The summed E-state index contributed by atoms with van der Waals surface area (Å²) in [5.74, 6) is 1.65. The standard InChI is InChI=1S/C28H31BrN2O3S/c1-20(2)16-18-34-25-15-14-22(19-23(25)29)27(32)31-28(35)30-24-12-6-7-13-26(24)33-17-8-11-21-9-4-3-5-10-21/h3-7,9-10,12-15,19-20H,8,11,16-18H2,1-2H3,(H2,30,31,32,35). The van der Waals surface area contributed by atoms with Gasteiger partial charge < -0.3 is 14.8 Å². The molecule has 5 nitrogen and oxygen atoms in total. The Morgan fingerprint density at radius 3 is 2.40 bits per heavy atom. The molecule has 0 saturated carbocycles. The molecule has 2 N–H and O–H groups in total. The number of amides is 1. The Morgan fingerprint density at radius 2 is 1.66 bits per heavy atom. The van der Waals surface area contributed by atoms with E-state index in [2.05, 4.69) is 52.5 Å². The number of ether oxygens (including phenoxy) is 2. The summed E-state index contributed by atoms with van der Waals surface area (Å²) in [5, 5.41) is 6.00. The van der Waals surface area contributed by atoms with E-state index < -0.39 is 0 Å². The average Bonchev–Trinajstić information content (AvgIpc) is 2.84. The van der Waals surface area contributed by atoms with Crippen molar-refractivity contribution in [2.45, 2.75) is 33.1 Å². The maximum atomic E-state index is 12.7. The fourth-order valence-corrected chi connectivity index (χ4v) is 3.99. The van der Waals surface area contributed by atoms with E-state index in [-0.39, 0.29) is 11.0 Å². The summed E-state index contributed by atoms with van der Waals surface area (Å²) in [6.45, 7) is 5.51. The van der Waals surface area contributed by atoms with E-state index in [9.17, 15) is 4.79 Å². The molecule has 0 radical (unpaired) electrons. The maximum Gasteiger partial charge on any atom is 0.257 e. The largest absolute Gasteiger partial charge is 0.492 e. The van der Waals surface area contributed by atoms with Gasteiger partial charge in [0, 0.05) is 5.56 Å². The highest BCUT2D eigenvalue weighted by molar-refractivity contribution is 9.10. The van der Waals surface area contributed by atoms with Gasteiger partial charge in [0.05, 0.1) is 23.4 Å². The number of carbonyl (C=O) groups is 1. The predicted octanol–water partition coefficient (Wildman–Crippen LogP) is 7.01. The fraction of sp³-hybridized carbons (Fsp3) is 0.286. The van der Waals surface area contributed by atoms with Crippen molar-refractivity contribution in [1.82, 2.24) is 5.32 Å². The molecule has 184 valence electrons. The zero-order valence-electron chi connectivity index (χ0n) is 20.1. The molecule has 0 aliphatic carbocycles. The Labute approximate surface area is 221 Å². The molecule has 0 aliphatic heterocycles. The summed E-state index contributed by atoms with van der Waals surface area (Å²) >= 11 is 8.86. The number of carbonyl (C=O) groups excluding carboxylic acids is 1. The normalized spacial score (nSPS) is 10.6. The maximum absolute atomic E-state index is 12.7. The third-order valence-corrected chi connectivity index (χ3v) is 6.04. The number of benzene rings is 3. The summed E-state index contributed by atoms with van der Waals surface area (Å²) in [5.41, 5.74) is 2.46. The predicted molar refractivity (Wildman–Crippen MR) is 149 cm³/mol. The van der Waals surface area contributed by atoms with Crippen molar-refractivity contribution in [2.24, 2.45) is 5.92 Å². The fourth-order valence-electron chi connectivity index (χ4n) is 3.29. The summed E-state index contributed by atoms with van der Waals surface area (Å²) in [6, 6.07) is 23.1. The van der Waals surface area contributed by atoms with Crippen molar-refractivity contribution in [3.8, 4) is 11.5 Å². The van der Waals surface area contributed by atoms with Gasteiger partial charge >= 0.3 is 0 Å². The molecule has 3 aromatic rings. The second kappa shape index (κ2) is 13.9. The van der Waals surface area contributed by atoms with Crippen LogP contribution in [-0.4, -0.2) is 24.2 Å². The molecule has 3 aromatic carbocycles. The van der Waals surface area contributed by atoms with E-state index in [0.717, 1.165) is 23.7 Å². The average molecular weight is 556 g/mol. The molecule has 0 fully saturated rings. The van der Waals surface area contributed by atoms with Gasteiger partial charge in [-0.1, -0.05) is 56.3 Å². The van der Waals surface area contributed by atoms with Crippen LogP contribution in [0.1, 0.15) is 42.6 Å². The lowest BCUT2D eigenvalue weighted by molar-refractivity contribution is 0.0977. The number of thiocarbonyl (C=S) groups is 1. The Hall–Kier alpha value is -2.90. The molecule has 0 heterocycles. The van der Waals surface area contributed by atoms with Crippen molar-refractivity contribution < 1.29 is 14.3 Å². The first kappa shape index (κ1) is 26.7. The van der Waals surface area contributed by atoms with Crippen molar-refractivity contribution in [3.63, 3.8) is 0 Å². The lowest BCUT2D eigenvalue weighted by Crippen LogP contribution is -2.34. The van der Waals surface area contributed by atoms with Crippen LogP contribution in [-0.2, 0) is 6.42 Å². The number of rotatable bonds is 11. The Morgan fingerprint density at radius 1 is 0.943 bits per heavy atom. The summed E-state index contributed by atoms with van der Waals surface area (Å²) in [7, 11) is 0. The smallest absolute Gasteiger partial charge is 0.257 e. The van der Waals surface area contributed by atoms with Gasteiger partial charge in [0.2, 0.25) is 0 Å². The first-order chi connectivity index (χ1) is 16.9. The van der Waals surface area contributed by atoms with Crippen LogP contribution in [0.3, 0.4) is 0 Å². The quantitative estimate of drug-likeness (QED) is 0.197. The third-order valence-electron chi connectivity index (χ3n) is 5.22. The van der Waals surface area contributed by atoms with E-state index >= 15 is 0 Å². The van der Waals surface area contributed by atoms with Crippen molar-refractivity contribution in [2.75, 3.05) is 18.5 Å². The van der Waals surface area contributed by atoms with E-state index in [1.54, 1.807) is 18.2 Å². The van der Waals surface area contributed by atoms with E-state index in [1.807, 2.05) is 42.5 Å². The van der Waals surface area contributed by atoms with Crippen LogP contribution in [0.5, 0.6) is 11.5 Å². The van der Waals surface area contributed by atoms with Gasteiger partial charge in [-0.05, 0) is 89.2 Å². The lowest BCUT2D eigenvalue weighted by Gasteiger charge is -2.15. The van der Waals surface area contributed by atoms with Crippen LogP contribution in [0.25, 0.3) is 0 Å². The number of halogens is 1. The number of para-hydroxylation sites is 2. The highest BCUT2D eigenvalue weighted by Gasteiger charge is 2.12. The van der Waals surface area contributed by atoms with Crippen LogP contribution in [0, 0.1) is 5.92 Å².